The lowest BCUT2D eigenvalue weighted by molar-refractivity contribution is -0.136. The Morgan fingerprint density at radius 3 is 2.17 bits per heavy atom. The molecule has 1 aliphatic carbocycles. The Morgan fingerprint density at radius 2 is 1.72 bits per heavy atom. The van der Waals surface area contributed by atoms with Crippen molar-refractivity contribution in [2.75, 3.05) is 21.3 Å². The van der Waals surface area contributed by atoms with Crippen molar-refractivity contribution < 1.29 is 19.1 Å². The number of rotatable bonds is 3. The van der Waals surface area contributed by atoms with Gasteiger partial charge in [-0.3, -0.25) is 0 Å². The van der Waals surface area contributed by atoms with Crippen molar-refractivity contribution in [3.8, 4) is 0 Å². The molecule has 0 radical (unpaired) electrons. The van der Waals surface area contributed by atoms with Gasteiger partial charge in [0.1, 0.15) is 0 Å². The van der Waals surface area contributed by atoms with Gasteiger partial charge in [0.2, 0.25) is 0 Å². The molecule has 0 heterocycles. The molecule has 1 aliphatic rings. The molecule has 0 spiro atoms. The van der Waals surface area contributed by atoms with Crippen molar-refractivity contribution in [2.24, 2.45) is 0 Å². The zero-order valence-corrected chi connectivity index (χ0v) is 11.2. The van der Waals surface area contributed by atoms with Crippen molar-refractivity contribution in [1.82, 2.24) is 5.32 Å². The maximum Gasteiger partial charge on any atom is 0.338 e. The summed E-state index contributed by atoms with van der Waals surface area (Å²) in [6, 6.07) is 0. The number of esters is 2. The van der Waals surface area contributed by atoms with Crippen LogP contribution in [0.1, 0.15) is 13.8 Å². The first kappa shape index (κ1) is 14.0. The van der Waals surface area contributed by atoms with Crippen molar-refractivity contribution in [1.29, 1.82) is 0 Å². The number of methoxy groups -OCH3 is 2. The summed E-state index contributed by atoms with van der Waals surface area (Å²) >= 11 is 0. The molecule has 0 unspecified atom stereocenters. The van der Waals surface area contributed by atoms with Crippen LogP contribution in [0.15, 0.2) is 34.1 Å². The van der Waals surface area contributed by atoms with E-state index in [1.54, 1.807) is 20.0 Å². The van der Waals surface area contributed by atoms with E-state index < -0.39 is 11.9 Å². The average molecular weight is 251 g/mol. The number of hydrogen-bond donors (Lipinski definition) is 1. The highest BCUT2D eigenvalue weighted by atomic mass is 16.5. The topological polar surface area (TPSA) is 64.6 Å². The van der Waals surface area contributed by atoms with E-state index in [0.717, 1.165) is 5.70 Å². The molecule has 0 bridgehead atoms. The molecule has 1 N–H and O–H groups in total. The molecule has 18 heavy (non-hydrogen) atoms. The van der Waals surface area contributed by atoms with E-state index in [-0.39, 0.29) is 0 Å². The molecule has 0 saturated carbocycles. The summed E-state index contributed by atoms with van der Waals surface area (Å²) in [6.45, 7) is 3.52. The average Bonchev–Trinajstić information content (AvgIpc) is 2.73. The van der Waals surface area contributed by atoms with Crippen LogP contribution in [0.2, 0.25) is 0 Å². The van der Waals surface area contributed by atoms with Crippen LogP contribution in [-0.4, -0.2) is 33.2 Å². The quantitative estimate of drug-likeness (QED) is 0.760. The first-order valence-corrected chi connectivity index (χ1v) is 5.46. The number of ether oxygens (including phenoxy) is 2. The molecule has 5 heteroatoms. The molecule has 0 aromatic carbocycles. The van der Waals surface area contributed by atoms with E-state index in [1.165, 1.54) is 14.2 Å². The predicted molar refractivity (Wildman–Crippen MR) is 66.6 cm³/mol. The Labute approximate surface area is 106 Å². The van der Waals surface area contributed by atoms with Crippen molar-refractivity contribution in [3.63, 3.8) is 0 Å². The van der Waals surface area contributed by atoms with E-state index in [9.17, 15) is 9.59 Å². The zero-order chi connectivity index (χ0) is 13.9. The summed E-state index contributed by atoms with van der Waals surface area (Å²) in [6.07, 6.45) is 1.64. The van der Waals surface area contributed by atoms with Crippen LogP contribution in [-0.2, 0) is 19.1 Å². The lowest BCUT2D eigenvalue weighted by Crippen LogP contribution is -2.12. The van der Waals surface area contributed by atoms with E-state index >= 15 is 0 Å². The SMILES string of the molecule is CN/C(C)=C1/C=C(C(=O)OC)C(C)=C1C(=O)OC. The summed E-state index contributed by atoms with van der Waals surface area (Å²) in [7, 11) is 4.36. The fourth-order valence-electron chi connectivity index (χ4n) is 1.78. The largest absolute Gasteiger partial charge is 0.465 e. The van der Waals surface area contributed by atoms with Crippen molar-refractivity contribution in [3.05, 3.63) is 34.1 Å². The van der Waals surface area contributed by atoms with E-state index in [1.807, 2.05) is 6.92 Å². The van der Waals surface area contributed by atoms with Gasteiger partial charge < -0.3 is 14.8 Å². The maximum absolute atomic E-state index is 11.8. The van der Waals surface area contributed by atoms with Gasteiger partial charge in [0, 0.05) is 18.3 Å². The van der Waals surface area contributed by atoms with E-state index in [2.05, 4.69) is 5.32 Å². The third kappa shape index (κ3) is 2.30. The Kier molecular flexibility index (Phi) is 4.31. The monoisotopic (exact) mass is 251 g/mol. The smallest absolute Gasteiger partial charge is 0.338 e. The highest BCUT2D eigenvalue weighted by molar-refractivity contribution is 6.05. The fourth-order valence-corrected chi connectivity index (χ4v) is 1.78. The summed E-state index contributed by atoms with van der Waals surface area (Å²) in [5, 5.41) is 2.95. The Hall–Kier alpha value is -2.04. The molecule has 1 rings (SSSR count). The summed E-state index contributed by atoms with van der Waals surface area (Å²) in [5.41, 5.74) is 2.78. The van der Waals surface area contributed by atoms with Crippen LogP contribution in [0, 0.1) is 0 Å². The van der Waals surface area contributed by atoms with Gasteiger partial charge in [0.05, 0.1) is 25.4 Å². The maximum atomic E-state index is 11.8. The summed E-state index contributed by atoms with van der Waals surface area (Å²) in [4.78, 5) is 23.4. The van der Waals surface area contributed by atoms with Crippen LogP contribution in [0.25, 0.3) is 0 Å². The molecule has 98 valence electrons. The third-order valence-corrected chi connectivity index (χ3v) is 2.91. The van der Waals surface area contributed by atoms with Crippen LogP contribution in [0.3, 0.4) is 0 Å². The Balaban J connectivity index is 3.40. The Bertz CT molecular complexity index is 483. The van der Waals surface area contributed by atoms with E-state index in [0.29, 0.717) is 22.3 Å². The van der Waals surface area contributed by atoms with Gasteiger partial charge in [0.15, 0.2) is 0 Å². The summed E-state index contributed by atoms with van der Waals surface area (Å²) in [5.74, 6) is -0.931. The van der Waals surface area contributed by atoms with Crippen molar-refractivity contribution in [2.45, 2.75) is 13.8 Å². The molecule has 0 aliphatic heterocycles. The minimum absolute atomic E-state index is 0.377. The number of nitrogens with one attached hydrogen (secondary N) is 1. The van der Waals surface area contributed by atoms with Gasteiger partial charge in [-0.25, -0.2) is 9.59 Å². The summed E-state index contributed by atoms with van der Waals surface area (Å²) < 4.78 is 9.44. The molecular formula is C13H17NO4. The molecule has 0 aromatic rings. The van der Waals surface area contributed by atoms with Crippen LogP contribution in [0.4, 0.5) is 0 Å². The molecule has 0 fully saturated rings. The van der Waals surface area contributed by atoms with Gasteiger partial charge in [-0.05, 0) is 25.5 Å². The number of hydrogen-bond acceptors (Lipinski definition) is 5. The van der Waals surface area contributed by atoms with Crippen LogP contribution in [0.5, 0.6) is 0 Å². The van der Waals surface area contributed by atoms with Gasteiger partial charge in [0.25, 0.3) is 0 Å². The lowest BCUT2D eigenvalue weighted by Gasteiger charge is -2.08. The van der Waals surface area contributed by atoms with Gasteiger partial charge in [-0.2, -0.15) is 0 Å². The first-order valence-electron chi connectivity index (χ1n) is 5.46. The standard InChI is InChI=1S/C13H17NO4/c1-7-9(12(15)17-4)6-10(8(2)14-3)11(7)13(16)18-5/h6,14H,1-5H3/b10-8-. The third-order valence-electron chi connectivity index (χ3n) is 2.91. The predicted octanol–water partition coefficient (Wildman–Crippen LogP) is 1.08. The highest BCUT2D eigenvalue weighted by Gasteiger charge is 2.30. The molecular weight excluding hydrogens is 234 g/mol. The van der Waals surface area contributed by atoms with Gasteiger partial charge in [-0.15, -0.1) is 0 Å². The second-order valence-electron chi connectivity index (χ2n) is 3.83. The Morgan fingerprint density at radius 1 is 1.17 bits per heavy atom. The molecule has 0 aromatic heterocycles. The zero-order valence-electron chi connectivity index (χ0n) is 11.2. The molecule has 0 saturated heterocycles. The normalized spacial score (nSPS) is 17.3. The second-order valence-corrected chi connectivity index (χ2v) is 3.83. The highest BCUT2D eigenvalue weighted by Crippen LogP contribution is 2.33. The molecule has 5 nitrogen and oxygen atoms in total. The minimum atomic E-state index is -0.466. The van der Waals surface area contributed by atoms with Crippen LogP contribution >= 0.6 is 0 Å². The molecule has 0 amide bonds. The number of carbonyl (C=O) groups is 2. The first-order chi connectivity index (χ1) is 8.47. The lowest BCUT2D eigenvalue weighted by atomic mass is 10.0. The van der Waals surface area contributed by atoms with Gasteiger partial charge >= 0.3 is 11.9 Å². The second kappa shape index (κ2) is 5.53. The molecule has 0 atom stereocenters. The minimum Gasteiger partial charge on any atom is -0.465 e. The fraction of sp³-hybridized carbons (Fsp3) is 0.385. The van der Waals surface area contributed by atoms with Gasteiger partial charge in [-0.1, -0.05) is 0 Å². The van der Waals surface area contributed by atoms with Crippen molar-refractivity contribution >= 4 is 11.9 Å². The number of carbonyl (C=O) groups excluding carboxylic acids is 2. The van der Waals surface area contributed by atoms with E-state index in [4.69, 9.17) is 9.47 Å². The number of allylic oxidation sites excluding steroid dienone is 2. The van der Waals surface area contributed by atoms with Crippen LogP contribution < -0.4 is 5.32 Å².